The standard InChI is InChI=1S/C15H10FN3O3/c1-9(20)13-8-17-15-14(19(21)22)12(6-7-18(13)15)10-2-4-11(16)5-3-10/h2-8H,1H3. The van der Waals surface area contributed by atoms with Crippen molar-refractivity contribution >= 4 is 17.1 Å². The van der Waals surface area contributed by atoms with Crippen molar-refractivity contribution in [2.45, 2.75) is 6.92 Å². The van der Waals surface area contributed by atoms with Gasteiger partial charge in [-0.05, 0) is 23.8 Å². The van der Waals surface area contributed by atoms with E-state index in [0.29, 0.717) is 11.1 Å². The van der Waals surface area contributed by atoms with Crippen molar-refractivity contribution in [2.75, 3.05) is 0 Å². The van der Waals surface area contributed by atoms with Crippen LogP contribution >= 0.6 is 0 Å². The number of pyridine rings is 1. The topological polar surface area (TPSA) is 77.5 Å². The predicted molar refractivity (Wildman–Crippen MR) is 77.2 cm³/mol. The summed E-state index contributed by atoms with van der Waals surface area (Å²) in [6, 6.07) is 6.91. The Hall–Kier alpha value is -3.09. The first-order chi connectivity index (χ1) is 10.5. The van der Waals surface area contributed by atoms with E-state index in [9.17, 15) is 19.3 Å². The summed E-state index contributed by atoms with van der Waals surface area (Å²) in [6.07, 6.45) is 2.85. The smallest absolute Gasteiger partial charge is 0.293 e. The highest BCUT2D eigenvalue weighted by Crippen LogP contribution is 2.33. The summed E-state index contributed by atoms with van der Waals surface area (Å²) < 4.78 is 14.4. The summed E-state index contributed by atoms with van der Waals surface area (Å²) in [5.41, 5.74) is 0.948. The highest BCUT2D eigenvalue weighted by Gasteiger charge is 2.23. The molecule has 0 radical (unpaired) electrons. The lowest BCUT2D eigenvalue weighted by atomic mass is 10.1. The maximum absolute atomic E-state index is 13.0. The molecule has 0 N–H and O–H groups in total. The summed E-state index contributed by atoms with van der Waals surface area (Å²) >= 11 is 0. The molecule has 0 aliphatic carbocycles. The quantitative estimate of drug-likeness (QED) is 0.422. The van der Waals surface area contributed by atoms with Gasteiger partial charge in [-0.3, -0.25) is 19.3 Å². The average Bonchev–Trinajstić information content (AvgIpc) is 2.90. The number of hydrogen-bond donors (Lipinski definition) is 0. The zero-order valence-corrected chi connectivity index (χ0v) is 11.5. The van der Waals surface area contributed by atoms with E-state index >= 15 is 0 Å². The van der Waals surface area contributed by atoms with Crippen LogP contribution in [0.25, 0.3) is 16.8 Å². The summed E-state index contributed by atoms with van der Waals surface area (Å²) in [5, 5.41) is 11.4. The van der Waals surface area contributed by atoms with E-state index in [4.69, 9.17) is 0 Å². The Bertz CT molecular complexity index is 900. The second-order valence-electron chi connectivity index (χ2n) is 4.74. The summed E-state index contributed by atoms with van der Waals surface area (Å²) in [5.74, 6) is -0.663. The Kier molecular flexibility index (Phi) is 3.17. The van der Waals surface area contributed by atoms with Crippen LogP contribution in [0.3, 0.4) is 0 Å². The van der Waals surface area contributed by atoms with Crippen LogP contribution in [-0.4, -0.2) is 20.1 Å². The normalized spacial score (nSPS) is 10.8. The molecule has 0 aliphatic heterocycles. The molecule has 0 atom stereocenters. The number of nitrogens with zero attached hydrogens (tertiary/aromatic N) is 3. The van der Waals surface area contributed by atoms with Crippen molar-refractivity contribution in [3.8, 4) is 11.1 Å². The number of benzene rings is 1. The van der Waals surface area contributed by atoms with Gasteiger partial charge in [0.15, 0.2) is 5.78 Å². The molecule has 0 amide bonds. The van der Waals surface area contributed by atoms with Gasteiger partial charge in [0.25, 0.3) is 0 Å². The highest BCUT2D eigenvalue weighted by atomic mass is 19.1. The largest absolute Gasteiger partial charge is 0.320 e. The predicted octanol–water partition coefficient (Wildman–Crippen LogP) is 3.25. The van der Waals surface area contributed by atoms with Gasteiger partial charge in [-0.2, -0.15) is 0 Å². The second kappa shape index (κ2) is 5.03. The molecule has 22 heavy (non-hydrogen) atoms. The Labute approximate surface area is 124 Å². The fourth-order valence-corrected chi connectivity index (χ4v) is 2.34. The van der Waals surface area contributed by atoms with Crippen LogP contribution in [0.15, 0.2) is 42.7 Å². The summed E-state index contributed by atoms with van der Waals surface area (Å²) in [7, 11) is 0. The number of imidazole rings is 1. The lowest BCUT2D eigenvalue weighted by Crippen LogP contribution is -2.01. The molecule has 110 valence electrons. The van der Waals surface area contributed by atoms with Crippen LogP contribution in [0.2, 0.25) is 0 Å². The summed E-state index contributed by atoms with van der Waals surface area (Å²) in [4.78, 5) is 26.4. The Morgan fingerprint density at radius 2 is 1.95 bits per heavy atom. The molecule has 2 aromatic heterocycles. The second-order valence-corrected chi connectivity index (χ2v) is 4.74. The third kappa shape index (κ3) is 2.12. The van der Waals surface area contributed by atoms with Gasteiger partial charge < -0.3 is 0 Å². The maximum atomic E-state index is 13.0. The van der Waals surface area contributed by atoms with Gasteiger partial charge in [-0.15, -0.1) is 0 Å². The zero-order valence-electron chi connectivity index (χ0n) is 11.5. The minimum Gasteiger partial charge on any atom is -0.293 e. The maximum Gasteiger partial charge on any atom is 0.320 e. The van der Waals surface area contributed by atoms with Gasteiger partial charge in [-0.25, -0.2) is 9.37 Å². The molecule has 6 nitrogen and oxygen atoms in total. The first-order valence-electron chi connectivity index (χ1n) is 6.40. The average molecular weight is 299 g/mol. The number of rotatable bonds is 3. The molecular formula is C15H10FN3O3. The first kappa shape index (κ1) is 13.9. The van der Waals surface area contributed by atoms with Crippen LogP contribution in [-0.2, 0) is 0 Å². The van der Waals surface area contributed by atoms with E-state index in [1.807, 2.05) is 0 Å². The molecular weight excluding hydrogens is 289 g/mol. The number of halogens is 1. The van der Waals surface area contributed by atoms with Gasteiger partial charge in [0.05, 0.1) is 16.7 Å². The van der Waals surface area contributed by atoms with E-state index in [2.05, 4.69) is 4.98 Å². The Morgan fingerprint density at radius 1 is 1.27 bits per heavy atom. The fraction of sp³-hybridized carbons (Fsp3) is 0.0667. The van der Waals surface area contributed by atoms with Crippen molar-refractivity contribution in [2.24, 2.45) is 0 Å². The van der Waals surface area contributed by atoms with E-state index in [-0.39, 0.29) is 22.8 Å². The van der Waals surface area contributed by atoms with Crippen molar-refractivity contribution in [1.82, 2.24) is 9.38 Å². The Morgan fingerprint density at radius 3 is 2.55 bits per heavy atom. The first-order valence-corrected chi connectivity index (χ1v) is 6.40. The lowest BCUT2D eigenvalue weighted by Gasteiger charge is -2.05. The monoisotopic (exact) mass is 299 g/mol. The van der Waals surface area contributed by atoms with Gasteiger partial charge in [0, 0.05) is 13.1 Å². The number of fused-ring (bicyclic) bond motifs is 1. The van der Waals surface area contributed by atoms with Gasteiger partial charge in [0.1, 0.15) is 11.5 Å². The number of hydrogen-bond acceptors (Lipinski definition) is 4. The number of carbonyl (C=O) groups excluding carboxylic acids is 1. The number of nitro groups is 1. The molecule has 0 saturated heterocycles. The van der Waals surface area contributed by atoms with Crippen LogP contribution in [0, 0.1) is 15.9 Å². The molecule has 0 fully saturated rings. The third-order valence-corrected chi connectivity index (χ3v) is 3.35. The van der Waals surface area contributed by atoms with E-state index in [1.165, 1.54) is 47.9 Å². The van der Waals surface area contributed by atoms with E-state index < -0.39 is 10.7 Å². The minimum atomic E-state index is -0.551. The molecule has 0 spiro atoms. The molecule has 7 heteroatoms. The van der Waals surface area contributed by atoms with Crippen molar-refractivity contribution < 1.29 is 14.1 Å². The number of carbonyl (C=O) groups is 1. The van der Waals surface area contributed by atoms with Crippen molar-refractivity contribution in [1.29, 1.82) is 0 Å². The molecule has 0 aliphatic rings. The van der Waals surface area contributed by atoms with Crippen LogP contribution in [0.4, 0.5) is 10.1 Å². The number of Topliss-reactive ketones (excluding diaryl/α,β-unsaturated/α-hetero) is 1. The molecule has 0 unspecified atom stereocenters. The van der Waals surface area contributed by atoms with Crippen LogP contribution < -0.4 is 0 Å². The minimum absolute atomic E-state index is 0.0806. The molecule has 3 rings (SSSR count). The highest BCUT2D eigenvalue weighted by molar-refractivity contribution is 5.94. The molecule has 3 aromatic rings. The van der Waals surface area contributed by atoms with E-state index in [0.717, 1.165) is 0 Å². The zero-order chi connectivity index (χ0) is 15.9. The van der Waals surface area contributed by atoms with Gasteiger partial charge in [0.2, 0.25) is 5.65 Å². The molecule has 0 bridgehead atoms. The van der Waals surface area contributed by atoms with Gasteiger partial charge in [-0.1, -0.05) is 12.1 Å². The molecule has 0 saturated carbocycles. The van der Waals surface area contributed by atoms with E-state index in [1.54, 1.807) is 6.20 Å². The number of aromatic nitrogens is 2. The van der Waals surface area contributed by atoms with Gasteiger partial charge >= 0.3 is 5.69 Å². The van der Waals surface area contributed by atoms with Crippen LogP contribution in [0.1, 0.15) is 17.4 Å². The van der Waals surface area contributed by atoms with Crippen molar-refractivity contribution in [3.63, 3.8) is 0 Å². The summed E-state index contributed by atoms with van der Waals surface area (Å²) in [6.45, 7) is 1.36. The SMILES string of the molecule is CC(=O)c1cnc2c([N+](=O)[O-])c(-c3ccc(F)cc3)ccn12. The Balaban J connectivity index is 2.32. The third-order valence-electron chi connectivity index (χ3n) is 3.35. The fourth-order valence-electron chi connectivity index (χ4n) is 2.34. The van der Waals surface area contributed by atoms with Crippen LogP contribution in [0.5, 0.6) is 0 Å². The lowest BCUT2D eigenvalue weighted by molar-refractivity contribution is -0.382. The molecule has 1 aromatic carbocycles. The number of ketones is 1. The molecule has 2 heterocycles. The van der Waals surface area contributed by atoms with Crippen molar-refractivity contribution in [3.05, 3.63) is 64.4 Å².